The fourth-order valence-corrected chi connectivity index (χ4v) is 4.64. The molecule has 10 heteroatoms. The van der Waals surface area contributed by atoms with Gasteiger partial charge in [-0.1, -0.05) is 11.8 Å². The van der Waals surface area contributed by atoms with Gasteiger partial charge in [0.15, 0.2) is 16.7 Å². The minimum atomic E-state index is -0.342. The van der Waals surface area contributed by atoms with Crippen LogP contribution in [-0.2, 0) is 18.4 Å². The first-order valence-corrected chi connectivity index (χ1v) is 11.7. The fourth-order valence-electron chi connectivity index (χ4n) is 4.16. The molecule has 5 rings (SSSR count). The molecule has 0 saturated heterocycles. The van der Waals surface area contributed by atoms with E-state index in [1.807, 2.05) is 55.6 Å². The molecule has 0 N–H and O–H groups in total. The molecule has 174 valence electrons. The number of pyridine rings is 1. The van der Waals surface area contributed by atoms with Crippen molar-refractivity contribution in [3.8, 4) is 22.6 Å². The summed E-state index contributed by atoms with van der Waals surface area (Å²) < 4.78 is 18.1. The smallest absolute Gasteiger partial charge is 0.339 e. The lowest BCUT2D eigenvalue weighted by Gasteiger charge is -2.16. The highest BCUT2D eigenvalue weighted by atomic mass is 32.2. The Labute approximate surface area is 200 Å². The Morgan fingerprint density at radius 2 is 1.88 bits per heavy atom. The van der Waals surface area contributed by atoms with Crippen LogP contribution in [0.3, 0.4) is 0 Å². The monoisotopic (exact) mass is 477 g/mol. The Bertz CT molecular complexity index is 1420. The Hall–Kier alpha value is -3.79. The first-order chi connectivity index (χ1) is 16.4. The number of carbonyl (C=O) groups excluding carboxylic acids is 1. The van der Waals surface area contributed by atoms with E-state index in [1.54, 1.807) is 25.1 Å². The van der Waals surface area contributed by atoms with Gasteiger partial charge in [0.2, 0.25) is 0 Å². The van der Waals surface area contributed by atoms with Gasteiger partial charge in [0.25, 0.3) is 5.95 Å². The average Bonchev–Trinajstić information content (AvgIpc) is 3.43. The first kappa shape index (κ1) is 22.0. The number of hydrogen-bond acceptors (Lipinski definition) is 9. The number of esters is 1. The number of aromatic nitrogens is 4. The van der Waals surface area contributed by atoms with Crippen LogP contribution in [0.5, 0.6) is 11.5 Å². The second-order valence-corrected chi connectivity index (χ2v) is 8.55. The van der Waals surface area contributed by atoms with Gasteiger partial charge in [-0.3, -0.25) is 4.90 Å². The van der Waals surface area contributed by atoms with Crippen molar-refractivity contribution in [3.05, 3.63) is 47.7 Å². The third kappa shape index (κ3) is 3.50. The molecule has 0 atom stereocenters. The van der Waals surface area contributed by atoms with Gasteiger partial charge in [0.05, 0.1) is 19.8 Å². The van der Waals surface area contributed by atoms with Crippen molar-refractivity contribution in [2.24, 2.45) is 7.05 Å². The van der Waals surface area contributed by atoms with E-state index in [2.05, 4.69) is 15.1 Å². The van der Waals surface area contributed by atoms with E-state index >= 15 is 0 Å². The van der Waals surface area contributed by atoms with Crippen molar-refractivity contribution in [1.82, 2.24) is 19.7 Å². The van der Waals surface area contributed by atoms with Gasteiger partial charge in [-0.05, 0) is 47.4 Å². The summed E-state index contributed by atoms with van der Waals surface area (Å²) in [5.74, 6) is 2.09. The zero-order valence-corrected chi connectivity index (χ0v) is 20.3. The van der Waals surface area contributed by atoms with Crippen LogP contribution in [0, 0.1) is 0 Å². The summed E-state index contributed by atoms with van der Waals surface area (Å²) in [6, 6.07) is 9.58. The van der Waals surface area contributed by atoms with Gasteiger partial charge in [-0.15, -0.1) is 5.10 Å². The van der Waals surface area contributed by atoms with Crippen molar-refractivity contribution < 1.29 is 19.0 Å². The van der Waals surface area contributed by atoms with Crippen LogP contribution in [0.15, 0.2) is 41.7 Å². The van der Waals surface area contributed by atoms with Crippen LogP contribution >= 0.6 is 11.8 Å². The van der Waals surface area contributed by atoms with Crippen molar-refractivity contribution in [2.75, 3.05) is 32.4 Å². The largest absolute Gasteiger partial charge is 0.493 e. The summed E-state index contributed by atoms with van der Waals surface area (Å²) in [4.78, 5) is 23.7. The van der Waals surface area contributed by atoms with Crippen LogP contribution in [0.2, 0.25) is 0 Å². The standard InChI is InChI=1S/C24H23N5O4S/c1-28(23-26-24(34-5)29(2)27-23)19-7-6-13(11-25-19)20-16-10-18(32-4)17(31-3)9-14(16)8-15-12-33-22(30)21(15)20/h6-11H,12H2,1-5H3. The van der Waals surface area contributed by atoms with Crippen molar-refractivity contribution in [2.45, 2.75) is 11.8 Å². The van der Waals surface area contributed by atoms with E-state index in [9.17, 15) is 4.79 Å². The van der Waals surface area contributed by atoms with Gasteiger partial charge < -0.3 is 14.2 Å². The summed E-state index contributed by atoms with van der Waals surface area (Å²) in [6.45, 7) is 0.239. The van der Waals surface area contributed by atoms with E-state index in [4.69, 9.17) is 14.2 Å². The zero-order valence-electron chi connectivity index (χ0n) is 19.4. The molecule has 0 spiro atoms. The van der Waals surface area contributed by atoms with Crippen LogP contribution in [0.4, 0.5) is 11.8 Å². The number of cyclic esters (lactones) is 1. The number of thioether (sulfide) groups is 1. The van der Waals surface area contributed by atoms with Crippen LogP contribution in [-0.4, -0.2) is 53.2 Å². The molecule has 2 aromatic heterocycles. The van der Waals surface area contributed by atoms with Gasteiger partial charge in [0, 0.05) is 37.0 Å². The second-order valence-electron chi connectivity index (χ2n) is 7.78. The third-order valence-corrected chi connectivity index (χ3v) is 6.58. The molecule has 0 radical (unpaired) electrons. The Morgan fingerprint density at radius 3 is 2.53 bits per heavy atom. The Morgan fingerprint density at radius 1 is 1.12 bits per heavy atom. The topological polar surface area (TPSA) is 91.6 Å². The molecular weight excluding hydrogens is 454 g/mol. The fraction of sp³-hybridized carbons (Fsp3) is 0.250. The Balaban J connectivity index is 1.63. The van der Waals surface area contributed by atoms with E-state index in [1.165, 1.54) is 11.8 Å². The molecule has 4 aromatic rings. The molecule has 0 unspecified atom stereocenters. The molecule has 1 aliphatic heterocycles. The maximum atomic E-state index is 12.7. The minimum absolute atomic E-state index is 0.239. The van der Waals surface area contributed by atoms with Crippen LogP contribution in [0.1, 0.15) is 15.9 Å². The maximum absolute atomic E-state index is 12.7. The molecule has 0 aliphatic carbocycles. The highest BCUT2D eigenvalue weighted by Crippen LogP contribution is 2.42. The summed E-state index contributed by atoms with van der Waals surface area (Å²) in [5, 5.41) is 7.05. The Kier molecular flexibility index (Phi) is 5.52. The minimum Gasteiger partial charge on any atom is -0.493 e. The van der Waals surface area contributed by atoms with Crippen molar-refractivity contribution in [1.29, 1.82) is 0 Å². The normalized spacial score (nSPS) is 12.6. The number of carbonyl (C=O) groups is 1. The number of nitrogens with zero attached hydrogens (tertiary/aromatic N) is 5. The molecule has 0 fully saturated rings. The first-order valence-electron chi connectivity index (χ1n) is 10.5. The maximum Gasteiger partial charge on any atom is 0.339 e. The lowest BCUT2D eigenvalue weighted by Crippen LogP contribution is -2.13. The number of methoxy groups -OCH3 is 2. The number of hydrogen-bond donors (Lipinski definition) is 0. The van der Waals surface area contributed by atoms with E-state index < -0.39 is 0 Å². The lowest BCUT2D eigenvalue weighted by molar-refractivity contribution is 0.0535. The van der Waals surface area contributed by atoms with Crippen molar-refractivity contribution >= 4 is 40.3 Å². The quantitative estimate of drug-likeness (QED) is 0.299. The molecule has 0 saturated carbocycles. The molecule has 2 aromatic carbocycles. The molecule has 3 heterocycles. The highest BCUT2D eigenvalue weighted by Gasteiger charge is 2.28. The zero-order chi connectivity index (χ0) is 24.0. The number of anilines is 2. The van der Waals surface area contributed by atoms with E-state index in [0.29, 0.717) is 28.8 Å². The van der Waals surface area contributed by atoms with Gasteiger partial charge in [-0.2, -0.15) is 4.98 Å². The molecule has 0 amide bonds. The lowest BCUT2D eigenvalue weighted by atomic mass is 9.91. The summed E-state index contributed by atoms with van der Waals surface area (Å²) in [7, 11) is 6.91. The molecule has 1 aliphatic rings. The van der Waals surface area contributed by atoms with Gasteiger partial charge in [-0.25, -0.2) is 14.5 Å². The summed E-state index contributed by atoms with van der Waals surface area (Å²) in [6.07, 6.45) is 3.71. The van der Waals surface area contributed by atoms with E-state index in [-0.39, 0.29) is 12.6 Å². The predicted molar refractivity (Wildman–Crippen MR) is 130 cm³/mol. The van der Waals surface area contributed by atoms with Gasteiger partial charge >= 0.3 is 5.97 Å². The highest BCUT2D eigenvalue weighted by molar-refractivity contribution is 7.98. The molecule has 9 nitrogen and oxygen atoms in total. The molecular formula is C24H23N5O4S. The summed E-state index contributed by atoms with van der Waals surface area (Å²) in [5.41, 5.74) is 2.95. The molecule has 34 heavy (non-hydrogen) atoms. The number of aryl methyl sites for hydroxylation is 1. The second kappa shape index (κ2) is 8.53. The van der Waals surface area contributed by atoms with Crippen LogP contribution in [0.25, 0.3) is 21.9 Å². The average molecular weight is 478 g/mol. The number of ether oxygens (including phenoxy) is 3. The SMILES string of the molecule is COc1cc2cc3c(c(-c4ccc(N(C)c5nc(SC)n(C)n5)nc4)c2cc1OC)C(=O)OC3. The van der Waals surface area contributed by atoms with Crippen molar-refractivity contribution in [3.63, 3.8) is 0 Å². The molecule has 0 bridgehead atoms. The summed E-state index contributed by atoms with van der Waals surface area (Å²) >= 11 is 1.53. The number of benzene rings is 2. The van der Waals surface area contributed by atoms with E-state index in [0.717, 1.165) is 32.6 Å². The third-order valence-electron chi connectivity index (χ3n) is 5.86. The number of fused-ring (bicyclic) bond motifs is 2. The number of rotatable bonds is 6. The van der Waals surface area contributed by atoms with Gasteiger partial charge in [0.1, 0.15) is 12.4 Å². The predicted octanol–water partition coefficient (Wildman–Crippen LogP) is 4.21. The van der Waals surface area contributed by atoms with Crippen LogP contribution < -0.4 is 14.4 Å².